The van der Waals surface area contributed by atoms with Crippen molar-refractivity contribution >= 4 is 5.78 Å². The minimum Gasteiger partial charge on any atom is -0.329 e. The molecule has 0 amide bonds. The van der Waals surface area contributed by atoms with Crippen molar-refractivity contribution in [1.82, 2.24) is 0 Å². The third-order valence-corrected chi connectivity index (χ3v) is 4.41. The molecule has 1 fully saturated rings. The molecule has 0 heterocycles. The van der Waals surface area contributed by atoms with Crippen molar-refractivity contribution in [1.29, 1.82) is 0 Å². The lowest BCUT2D eigenvalue weighted by Gasteiger charge is -2.34. The van der Waals surface area contributed by atoms with Crippen LogP contribution in [0, 0.1) is 12.3 Å². The molecule has 18 heavy (non-hydrogen) atoms. The standard InChI is InChI=1S/C16H23NO/c1-13-7-3-4-8-14(13)11-15(18)16(12-17)9-5-2-6-10-16/h3-4,7-8H,2,5-6,9-12,17H2,1H3. The van der Waals surface area contributed by atoms with Crippen LogP contribution in [-0.4, -0.2) is 12.3 Å². The molecule has 0 aromatic heterocycles. The lowest BCUT2D eigenvalue weighted by atomic mass is 9.69. The quantitative estimate of drug-likeness (QED) is 0.886. The highest BCUT2D eigenvalue weighted by atomic mass is 16.1. The highest BCUT2D eigenvalue weighted by molar-refractivity contribution is 5.87. The summed E-state index contributed by atoms with van der Waals surface area (Å²) in [5.41, 5.74) is 8.03. The fraction of sp³-hybridized carbons (Fsp3) is 0.562. The molecule has 1 aliphatic rings. The molecule has 0 atom stereocenters. The van der Waals surface area contributed by atoms with E-state index in [1.807, 2.05) is 12.1 Å². The molecule has 2 nitrogen and oxygen atoms in total. The van der Waals surface area contributed by atoms with Gasteiger partial charge in [0.2, 0.25) is 0 Å². The molecule has 2 heteroatoms. The van der Waals surface area contributed by atoms with Crippen molar-refractivity contribution in [3.8, 4) is 0 Å². The fourth-order valence-electron chi connectivity index (χ4n) is 2.99. The molecule has 2 N–H and O–H groups in total. The van der Waals surface area contributed by atoms with Gasteiger partial charge in [0, 0.05) is 18.4 Å². The van der Waals surface area contributed by atoms with Crippen molar-refractivity contribution in [2.75, 3.05) is 6.54 Å². The van der Waals surface area contributed by atoms with Crippen LogP contribution in [0.3, 0.4) is 0 Å². The van der Waals surface area contributed by atoms with Crippen molar-refractivity contribution in [3.05, 3.63) is 35.4 Å². The van der Waals surface area contributed by atoms with Crippen LogP contribution in [0.15, 0.2) is 24.3 Å². The first kappa shape index (κ1) is 13.3. The molecule has 1 saturated carbocycles. The molecule has 0 radical (unpaired) electrons. The van der Waals surface area contributed by atoms with E-state index in [9.17, 15) is 4.79 Å². The summed E-state index contributed by atoms with van der Waals surface area (Å²) in [6.07, 6.45) is 6.05. The van der Waals surface area contributed by atoms with Crippen molar-refractivity contribution in [2.45, 2.75) is 45.4 Å². The Morgan fingerprint density at radius 2 is 1.89 bits per heavy atom. The van der Waals surface area contributed by atoms with Crippen molar-refractivity contribution in [2.24, 2.45) is 11.1 Å². The maximum Gasteiger partial charge on any atom is 0.144 e. The predicted molar refractivity (Wildman–Crippen MR) is 74.5 cm³/mol. The van der Waals surface area contributed by atoms with Crippen LogP contribution in [0.25, 0.3) is 0 Å². The Bertz CT molecular complexity index is 419. The number of benzene rings is 1. The van der Waals surface area contributed by atoms with Crippen LogP contribution in [0.2, 0.25) is 0 Å². The van der Waals surface area contributed by atoms with Crippen LogP contribution in [0.5, 0.6) is 0 Å². The molecular formula is C16H23NO. The van der Waals surface area contributed by atoms with Crippen LogP contribution in [0.4, 0.5) is 0 Å². The van der Waals surface area contributed by atoms with Gasteiger partial charge in [0.25, 0.3) is 0 Å². The summed E-state index contributed by atoms with van der Waals surface area (Å²) in [4.78, 5) is 12.6. The summed E-state index contributed by atoms with van der Waals surface area (Å²) >= 11 is 0. The van der Waals surface area contributed by atoms with Gasteiger partial charge in [0.1, 0.15) is 5.78 Å². The van der Waals surface area contributed by atoms with Crippen LogP contribution >= 0.6 is 0 Å². The summed E-state index contributed by atoms with van der Waals surface area (Å²) in [7, 11) is 0. The lowest BCUT2D eigenvalue weighted by Crippen LogP contribution is -2.41. The minimum atomic E-state index is -0.236. The van der Waals surface area contributed by atoms with Crippen molar-refractivity contribution < 1.29 is 4.79 Å². The summed E-state index contributed by atoms with van der Waals surface area (Å²) in [5, 5.41) is 0. The van der Waals surface area contributed by atoms with Crippen molar-refractivity contribution in [3.63, 3.8) is 0 Å². The van der Waals surface area contributed by atoms with Gasteiger partial charge in [-0.15, -0.1) is 0 Å². The molecular weight excluding hydrogens is 222 g/mol. The fourth-order valence-corrected chi connectivity index (χ4v) is 2.99. The molecule has 1 aromatic rings. The zero-order valence-electron chi connectivity index (χ0n) is 11.2. The van der Waals surface area contributed by atoms with E-state index in [1.165, 1.54) is 12.0 Å². The highest BCUT2D eigenvalue weighted by Crippen LogP contribution is 2.37. The number of hydrogen-bond acceptors (Lipinski definition) is 2. The Balaban J connectivity index is 2.13. The molecule has 0 unspecified atom stereocenters. The van der Waals surface area contributed by atoms with Gasteiger partial charge < -0.3 is 5.73 Å². The Morgan fingerprint density at radius 1 is 1.22 bits per heavy atom. The van der Waals surface area contributed by atoms with Crippen LogP contribution in [0.1, 0.15) is 43.2 Å². The van der Waals surface area contributed by atoms with Crippen LogP contribution in [-0.2, 0) is 11.2 Å². The first-order valence-corrected chi connectivity index (χ1v) is 6.96. The molecule has 98 valence electrons. The number of carbonyl (C=O) groups excluding carboxylic acids is 1. The zero-order chi connectivity index (χ0) is 13.0. The van der Waals surface area contributed by atoms with Gasteiger partial charge in [-0.2, -0.15) is 0 Å². The van der Waals surface area contributed by atoms with E-state index < -0.39 is 0 Å². The maximum atomic E-state index is 12.6. The SMILES string of the molecule is Cc1ccccc1CC(=O)C1(CN)CCCCC1. The van der Waals surface area contributed by atoms with Gasteiger partial charge in [0.05, 0.1) is 0 Å². The Hall–Kier alpha value is -1.15. The molecule has 0 saturated heterocycles. The average Bonchev–Trinajstić information content (AvgIpc) is 2.42. The van der Waals surface area contributed by atoms with Gasteiger partial charge in [-0.05, 0) is 30.9 Å². The molecule has 0 spiro atoms. The highest BCUT2D eigenvalue weighted by Gasteiger charge is 2.37. The number of nitrogens with two attached hydrogens (primary N) is 1. The van der Waals surface area contributed by atoms with Gasteiger partial charge in [0.15, 0.2) is 0 Å². The number of carbonyl (C=O) groups is 1. The van der Waals surface area contributed by atoms with E-state index >= 15 is 0 Å². The van der Waals surface area contributed by atoms with E-state index in [1.54, 1.807) is 0 Å². The largest absolute Gasteiger partial charge is 0.329 e. The number of ketones is 1. The number of hydrogen-bond donors (Lipinski definition) is 1. The van der Waals surface area contributed by atoms with E-state index in [4.69, 9.17) is 5.73 Å². The van der Waals surface area contributed by atoms with E-state index in [0.29, 0.717) is 18.7 Å². The third-order valence-electron chi connectivity index (χ3n) is 4.41. The lowest BCUT2D eigenvalue weighted by molar-refractivity contribution is -0.129. The molecule has 1 aromatic carbocycles. The average molecular weight is 245 g/mol. The van der Waals surface area contributed by atoms with E-state index in [-0.39, 0.29) is 5.41 Å². The Morgan fingerprint density at radius 3 is 2.50 bits per heavy atom. The second-order valence-corrected chi connectivity index (χ2v) is 5.57. The maximum absolute atomic E-state index is 12.6. The smallest absolute Gasteiger partial charge is 0.144 e. The summed E-state index contributed by atoms with van der Waals surface area (Å²) in [6, 6.07) is 8.15. The molecule has 2 rings (SSSR count). The molecule has 0 aliphatic heterocycles. The first-order valence-electron chi connectivity index (χ1n) is 6.96. The first-order chi connectivity index (χ1) is 8.68. The number of aryl methyl sites for hydroxylation is 1. The summed E-state index contributed by atoms with van der Waals surface area (Å²) in [5.74, 6) is 0.346. The third kappa shape index (κ3) is 2.64. The molecule has 0 bridgehead atoms. The monoisotopic (exact) mass is 245 g/mol. The summed E-state index contributed by atoms with van der Waals surface area (Å²) in [6.45, 7) is 2.58. The zero-order valence-corrected chi connectivity index (χ0v) is 11.2. The molecule has 1 aliphatic carbocycles. The van der Waals surface area contributed by atoms with Gasteiger partial charge in [-0.25, -0.2) is 0 Å². The minimum absolute atomic E-state index is 0.236. The Labute approximate surface area is 110 Å². The summed E-state index contributed by atoms with van der Waals surface area (Å²) < 4.78 is 0. The predicted octanol–water partition coefficient (Wildman–Crippen LogP) is 3.02. The van der Waals surface area contributed by atoms with Gasteiger partial charge >= 0.3 is 0 Å². The normalized spacial score (nSPS) is 18.6. The number of rotatable bonds is 4. The van der Waals surface area contributed by atoms with E-state index in [0.717, 1.165) is 31.2 Å². The second kappa shape index (κ2) is 5.66. The van der Waals surface area contributed by atoms with E-state index in [2.05, 4.69) is 19.1 Å². The Kier molecular flexibility index (Phi) is 4.18. The topological polar surface area (TPSA) is 43.1 Å². The van der Waals surface area contributed by atoms with Gasteiger partial charge in [-0.1, -0.05) is 43.5 Å². The van der Waals surface area contributed by atoms with Gasteiger partial charge in [-0.3, -0.25) is 4.79 Å². The van der Waals surface area contributed by atoms with Crippen LogP contribution < -0.4 is 5.73 Å². The second-order valence-electron chi connectivity index (χ2n) is 5.57. The number of Topliss-reactive ketones (excluding diaryl/α,β-unsaturated/α-hetero) is 1.